The number of carbonyl (C=O) groups excluding carboxylic acids is 1. The van der Waals surface area contributed by atoms with Crippen LogP contribution in [-0.2, 0) is 11.3 Å². The Morgan fingerprint density at radius 3 is 2.33 bits per heavy atom. The minimum Gasteiger partial charge on any atom is -0.326 e. The lowest BCUT2D eigenvalue weighted by atomic mass is 9.95. The molecule has 126 valence electrons. The molecule has 0 saturated carbocycles. The van der Waals surface area contributed by atoms with Crippen LogP contribution in [-0.4, -0.2) is 23.9 Å². The van der Waals surface area contributed by atoms with Gasteiger partial charge in [0, 0.05) is 18.2 Å². The first kappa shape index (κ1) is 16.7. The number of aryl methyl sites for hydroxylation is 1. The Kier molecular flexibility index (Phi) is 5.26. The Hall–Kier alpha value is -2.20. The normalized spacial score (nSPS) is 16.1. The van der Waals surface area contributed by atoms with Crippen LogP contribution in [0.3, 0.4) is 0 Å². The van der Waals surface area contributed by atoms with Gasteiger partial charge in [-0.2, -0.15) is 0 Å². The highest BCUT2D eigenvalue weighted by Gasteiger charge is 2.25. The number of halogens is 1. The van der Waals surface area contributed by atoms with Gasteiger partial charge in [-0.25, -0.2) is 4.39 Å². The van der Waals surface area contributed by atoms with Gasteiger partial charge in [0.2, 0.25) is 5.91 Å². The van der Waals surface area contributed by atoms with Crippen molar-refractivity contribution in [2.24, 2.45) is 5.92 Å². The van der Waals surface area contributed by atoms with E-state index in [1.54, 1.807) is 0 Å². The van der Waals surface area contributed by atoms with Gasteiger partial charge in [0.05, 0.1) is 0 Å². The molecule has 0 unspecified atom stereocenters. The molecule has 1 aliphatic heterocycles. The van der Waals surface area contributed by atoms with Crippen LogP contribution >= 0.6 is 0 Å². The summed E-state index contributed by atoms with van der Waals surface area (Å²) in [6, 6.07) is 14.5. The van der Waals surface area contributed by atoms with Gasteiger partial charge in [-0.1, -0.05) is 29.8 Å². The van der Waals surface area contributed by atoms with Crippen molar-refractivity contribution in [3.63, 3.8) is 0 Å². The van der Waals surface area contributed by atoms with Crippen molar-refractivity contribution in [3.8, 4) is 0 Å². The number of hydrogen-bond donors (Lipinski definition) is 1. The van der Waals surface area contributed by atoms with Gasteiger partial charge in [-0.15, -0.1) is 0 Å². The standard InChI is InChI=1S/C20H23FN2O/c1-15-2-8-19(9-3-15)22-20(24)17-10-12-23(13-11-17)14-16-4-6-18(21)7-5-16/h2-9,17H,10-14H2,1H3,(H,22,24). The number of nitrogens with one attached hydrogen (secondary N) is 1. The molecule has 1 aliphatic rings. The largest absolute Gasteiger partial charge is 0.326 e. The van der Waals surface area contributed by atoms with Crippen molar-refractivity contribution < 1.29 is 9.18 Å². The van der Waals surface area contributed by atoms with Gasteiger partial charge in [-0.3, -0.25) is 9.69 Å². The molecule has 0 spiro atoms. The first-order valence-corrected chi connectivity index (χ1v) is 8.44. The van der Waals surface area contributed by atoms with Gasteiger partial charge in [0.25, 0.3) is 0 Å². The van der Waals surface area contributed by atoms with Gasteiger partial charge in [0.1, 0.15) is 5.82 Å². The summed E-state index contributed by atoms with van der Waals surface area (Å²) in [5.74, 6) is -0.0266. The Balaban J connectivity index is 1.48. The number of piperidine rings is 1. The molecule has 0 aromatic heterocycles. The number of carbonyl (C=O) groups is 1. The predicted molar refractivity (Wildman–Crippen MR) is 94.2 cm³/mol. The van der Waals surface area contributed by atoms with Gasteiger partial charge in [0.15, 0.2) is 0 Å². The fraction of sp³-hybridized carbons (Fsp3) is 0.350. The van der Waals surface area contributed by atoms with Crippen LogP contribution < -0.4 is 5.32 Å². The van der Waals surface area contributed by atoms with E-state index in [4.69, 9.17) is 0 Å². The second kappa shape index (κ2) is 7.58. The van der Waals surface area contributed by atoms with Gasteiger partial charge >= 0.3 is 0 Å². The van der Waals surface area contributed by atoms with Crippen LogP contribution in [0.5, 0.6) is 0 Å². The van der Waals surface area contributed by atoms with Crippen molar-refractivity contribution in [2.75, 3.05) is 18.4 Å². The van der Waals surface area contributed by atoms with Crippen molar-refractivity contribution in [1.82, 2.24) is 4.90 Å². The molecule has 1 N–H and O–H groups in total. The predicted octanol–water partition coefficient (Wildman–Crippen LogP) is 3.98. The zero-order chi connectivity index (χ0) is 16.9. The third-order valence-electron chi connectivity index (χ3n) is 4.60. The van der Waals surface area contributed by atoms with E-state index >= 15 is 0 Å². The molecule has 24 heavy (non-hydrogen) atoms. The summed E-state index contributed by atoms with van der Waals surface area (Å²) >= 11 is 0. The van der Waals surface area contributed by atoms with E-state index in [1.165, 1.54) is 17.7 Å². The lowest BCUT2D eigenvalue weighted by molar-refractivity contribution is -0.121. The van der Waals surface area contributed by atoms with Crippen LogP contribution in [0.25, 0.3) is 0 Å². The Labute approximate surface area is 142 Å². The van der Waals surface area contributed by atoms with Crippen molar-refractivity contribution in [2.45, 2.75) is 26.3 Å². The maximum atomic E-state index is 12.9. The van der Waals surface area contributed by atoms with Gasteiger partial charge in [-0.05, 0) is 62.7 Å². The Morgan fingerprint density at radius 1 is 1.08 bits per heavy atom. The number of likely N-dealkylation sites (tertiary alicyclic amines) is 1. The number of rotatable bonds is 4. The minimum absolute atomic E-state index is 0.0655. The Bertz CT molecular complexity index is 674. The van der Waals surface area contributed by atoms with Crippen LogP contribution in [0.2, 0.25) is 0 Å². The van der Waals surface area contributed by atoms with E-state index in [0.717, 1.165) is 43.7 Å². The van der Waals surface area contributed by atoms with E-state index in [0.29, 0.717) is 0 Å². The van der Waals surface area contributed by atoms with Crippen molar-refractivity contribution in [1.29, 1.82) is 0 Å². The molecule has 2 aromatic rings. The molecule has 3 rings (SSSR count). The van der Waals surface area contributed by atoms with E-state index < -0.39 is 0 Å². The SMILES string of the molecule is Cc1ccc(NC(=O)C2CCN(Cc3ccc(F)cc3)CC2)cc1. The molecule has 0 aliphatic carbocycles. The summed E-state index contributed by atoms with van der Waals surface area (Å²) in [7, 11) is 0. The first-order chi connectivity index (χ1) is 11.6. The molecule has 0 radical (unpaired) electrons. The van der Waals surface area contributed by atoms with E-state index in [9.17, 15) is 9.18 Å². The molecule has 1 amide bonds. The fourth-order valence-electron chi connectivity index (χ4n) is 3.08. The zero-order valence-corrected chi connectivity index (χ0v) is 14.0. The maximum absolute atomic E-state index is 12.9. The van der Waals surface area contributed by atoms with Crippen LogP contribution in [0.15, 0.2) is 48.5 Å². The Morgan fingerprint density at radius 2 is 1.71 bits per heavy atom. The lowest BCUT2D eigenvalue weighted by Crippen LogP contribution is -2.37. The summed E-state index contributed by atoms with van der Waals surface area (Å²) in [5.41, 5.74) is 3.15. The molecular formula is C20H23FN2O. The third-order valence-corrected chi connectivity index (χ3v) is 4.60. The lowest BCUT2D eigenvalue weighted by Gasteiger charge is -2.31. The molecule has 1 fully saturated rings. The first-order valence-electron chi connectivity index (χ1n) is 8.44. The average Bonchev–Trinajstić information content (AvgIpc) is 2.59. The molecule has 0 atom stereocenters. The number of nitrogens with zero attached hydrogens (tertiary/aromatic N) is 1. The number of benzene rings is 2. The summed E-state index contributed by atoms with van der Waals surface area (Å²) in [6.07, 6.45) is 1.72. The maximum Gasteiger partial charge on any atom is 0.227 e. The molecular weight excluding hydrogens is 303 g/mol. The smallest absolute Gasteiger partial charge is 0.227 e. The summed E-state index contributed by atoms with van der Waals surface area (Å²) < 4.78 is 12.9. The highest BCUT2D eigenvalue weighted by Crippen LogP contribution is 2.21. The molecule has 0 bridgehead atoms. The molecule has 1 saturated heterocycles. The number of anilines is 1. The summed E-state index contributed by atoms with van der Waals surface area (Å²) in [6.45, 7) is 4.63. The van der Waals surface area contributed by atoms with Crippen LogP contribution in [0, 0.1) is 18.7 Å². The van der Waals surface area contributed by atoms with E-state index in [-0.39, 0.29) is 17.6 Å². The topological polar surface area (TPSA) is 32.3 Å². The molecule has 1 heterocycles. The zero-order valence-electron chi connectivity index (χ0n) is 14.0. The minimum atomic E-state index is -0.203. The summed E-state index contributed by atoms with van der Waals surface area (Å²) in [4.78, 5) is 14.7. The highest BCUT2D eigenvalue weighted by molar-refractivity contribution is 5.92. The number of amides is 1. The third kappa shape index (κ3) is 4.42. The highest BCUT2D eigenvalue weighted by atomic mass is 19.1. The molecule has 2 aromatic carbocycles. The average molecular weight is 326 g/mol. The second-order valence-electron chi connectivity index (χ2n) is 6.53. The second-order valence-corrected chi connectivity index (χ2v) is 6.53. The quantitative estimate of drug-likeness (QED) is 0.921. The number of hydrogen-bond acceptors (Lipinski definition) is 2. The monoisotopic (exact) mass is 326 g/mol. The molecule has 4 heteroatoms. The van der Waals surface area contributed by atoms with E-state index in [2.05, 4.69) is 10.2 Å². The molecule has 3 nitrogen and oxygen atoms in total. The fourth-order valence-corrected chi connectivity index (χ4v) is 3.08. The van der Waals surface area contributed by atoms with Crippen molar-refractivity contribution >= 4 is 11.6 Å². The van der Waals surface area contributed by atoms with E-state index in [1.807, 2.05) is 43.3 Å². The van der Waals surface area contributed by atoms with Crippen LogP contribution in [0.1, 0.15) is 24.0 Å². The summed E-state index contributed by atoms with van der Waals surface area (Å²) in [5, 5.41) is 3.01. The van der Waals surface area contributed by atoms with Crippen LogP contribution in [0.4, 0.5) is 10.1 Å². The van der Waals surface area contributed by atoms with Gasteiger partial charge < -0.3 is 5.32 Å². The van der Waals surface area contributed by atoms with Crippen molar-refractivity contribution in [3.05, 3.63) is 65.5 Å².